The molecule has 0 aliphatic heterocycles. The van der Waals surface area contributed by atoms with Crippen LogP contribution < -0.4 is 4.90 Å². The van der Waals surface area contributed by atoms with Crippen LogP contribution in [0.25, 0.3) is 5.65 Å². The van der Waals surface area contributed by atoms with Crippen LogP contribution in [0.2, 0.25) is 0 Å². The van der Waals surface area contributed by atoms with Crippen molar-refractivity contribution in [3.63, 3.8) is 0 Å². The predicted molar refractivity (Wildman–Crippen MR) is 87.1 cm³/mol. The zero-order valence-corrected chi connectivity index (χ0v) is 12.7. The Labute approximate surface area is 129 Å². The summed E-state index contributed by atoms with van der Waals surface area (Å²) >= 11 is 0. The van der Waals surface area contributed by atoms with Gasteiger partial charge in [-0.1, -0.05) is 37.0 Å². The lowest BCUT2D eigenvalue weighted by atomic mass is 10.3. The molecule has 0 saturated heterocycles. The van der Waals surface area contributed by atoms with Crippen LogP contribution in [0, 0.1) is 11.8 Å². The highest BCUT2D eigenvalue weighted by atomic mass is 15.4. The number of hydrogen-bond acceptors (Lipinski definition) is 4. The van der Waals surface area contributed by atoms with Gasteiger partial charge in [0.1, 0.15) is 6.33 Å². The number of para-hydroxylation sites is 1. The van der Waals surface area contributed by atoms with Gasteiger partial charge >= 0.3 is 0 Å². The highest BCUT2D eigenvalue weighted by Gasteiger charge is 2.13. The van der Waals surface area contributed by atoms with Gasteiger partial charge in [0.2, 0.25) is 5.95 Å². The average Bonchev–Trinajstić information content (AvgIpc) is 2.98. The molecule has 5 heteroatoms. The Kier molecular flexibility index (Phi) is 4.01. The first-order valence-electron chi connectivity index (χ1n) is 7.27. The Bertz CT molecular complexity index is 826. The van der Waals surface area contributed by atoms with E-state index in [-0.39, 0.29) is 0 Å². The molecule has 0 aliphatic rings. The Hall–Kier alpha value is -2.87. The van der Waals surface area contributed by atoms with Crippen LogP contribution in [0.3, 0.4) is 0 Å². The first-order chi connectivity index (χ1) is 10.8. The van der Waals surface area contributed by atoms with Gasteiger partial charge in [-0.25, -0.2) is 9.97 Å². The van der Waals surface area contributed by atoms with Gasteiger partial charge in [-0.3, -0.25) is 0 Å². The number of hydrogen-bond donors (Lipinski definition) is 0. The molecule has 0 aliphatic carbocycles. The number of nitrogens with zero attached hydrogens (tertiary/aromatic N) is 5. The molecule has 3 rings (SSSR count). The summed E-state index contributed by atoms with van der Waals surface area (Å²) < 4.78 is 1.73. The standard InChI is InChI=1S/C17H17N5/c1-3-4-6-9-14-12-20-22-16(14)18-13-19-17(22)21(2)15-10-7-5-8-11-15/h5,7-8,10-13H,3-4H2,1-2H3. The van der Waals surface area contributed by atoms with Crippen molar-refractivity contribution in [2.75, 3.05) is 11.9 Å². The molecule has 2 aromatic heterocycles. The first kappa shape index (κ1) is 14.1. The van der Waals surface area contributed by atoms with E-state index >= 15 is 0 Å². The minimum atomic E-state index is 0.708. The minimum Gasteiger partial charge on any atom is -0.313 e. The van der Waals surface area contributed by atoms with Crippen LogP contribution in [0.4, 0.5) is 11.6 Å². The summed E-state index contributed by atoms with van der Waals surface area (Å²) in [5, 5.41) is 4.39. The summed E-state index contributed by atoms with van der Waals surface area (Å²) in [6.45, 7) is 2.11. The van der Waals surface area contributed by atoms with Crippen molar-refractivity contribution in [1.82, 2.24) is 19.6 Å². The van der Waals surface area contributed by atoms with Crippen molar-refractivity contribution in [3.05, 3.63) is 48.4 Å². The quantitative estimate of drug-likeness (QED) is 0.696. The molecule has 5 nitrogen and oxygen atoms in total. The van der Waals surface area contributed by atoms with Crippen LogP contribution in [0.15, 0.2) is 42.9 Å². The molecule has 2 heterocycles. The van der Waals surface area contributed by atoms with E-state index in [1.165, 1.54) is 0 Å². The number of rotatable bonds is 3. The fourth-order valence-corrected chi connectivity index (χ4v) is 2.17. The molecule has 3 aromatic rings. The number of benzene rings is 1. The third-order valence-electron chi connectivity index (χ3n) is 3.33. The monoisotopic (exact) mass is 291 g/mol. The van der Waals surface area contributed by atoms with E-state index in [9.17, 15) is 0 Å². The molecule has 0 saturated carbocycles. The molecule has 1 aromatic carbocycles. The summed E-state index contributed by atoms with van der Waals surface area (Å²) in [4.78, 5) is 10.7. The molecule has 0 atom stereocenters. The Morgan fingerprint density at radius 1 is 1.18 bits per heavy atom. The van der Waals surface area contributed by atoms with Gasteiger partial charge < -0.3 is 4.90 Å². The normalized spacial score (nSPS) is 10.3. The predicted octanol–water partition coefficient (Wildman–Crippen LogP) is 3.04. The van der Waals surface area contributed by atoms with Crippen molar-refractivity contribution >= 4 is 17.3 Å². The molecule has 22 heavy (non-hydrogen) atoms. The Morgan fingerprint density at radius 3 is 2.77 bits per heavy atom. The van der Waals surface area contributed by atoms with Crippen molar-refractivity contribution in [2.45, 2.75) is 19.8 Å². The van der Waals surface area contributed by atoms with Gasteiger partial charge in [0.05, 0.1) is 11.8 Å². The van der Waals surface area contributed by atoms with Crippen LogP contribution in [0.5, 0.6) is 0 Å². The van der Waals surface area contributed by atoms with Crippen molar-refractivity contribution < 1.29 is 0 Å². The van der Waals surface area contributed by atoms with Crippen LogP contribution >= 0.6 is 0 Å². The lowest BCUT2D eigenvalue weighted by Crippen LogP contribution is -2.16. The topological polar surface area (TPSA) is 46.3 Å². The Morgan fingerprint density at radius 2 is 2.00 bits per heavy atom. The van der Waals surface area contributed by atoms with Gasteiger partial charge in [-0.2, -0.15) is 9.61 Å². The number of aromatic nitrogens is 4. The third-order valence-corrected chi connectivity index (χ3v) is 3.33. The molecular weight excluding hydrogens is 274 g/mol. The van der Waals surface area contributed by atoms with E-state index in [0.29, 0.717) is 5.95 Å². The maximum absolute atomic E-state index is 4.39. The fourth-order valence-electron chi connectivity index (χ4n) is 2.17. The molecule has 0 amide bonds. The van der Waals surface area contributed by atoms with Gasteiger partial charge in [-0.15, -0.1) is 0 Å². The zero-order chi connectivity index (χ0) is 15.4. The second-order valence-corrected chi connectivity index (χ2v) is 4.91. The lowest BCUT2D eigenvalue weighted by Gasteiger charge is -2.18. The van der Waals surface area contributed by atoms with Crippen LogP contribution in [-0.4, -0.2) is 26.6 Å². The SMILES string of the molecule is CCCC#Cc1cnn2c(N(C)c3ccccc3)ncnc12. The van der Waals surface area contributed by atoms with E-state index in [0.717, 1.165) is 29.7 Å². The van der Waals surface area contributed by atoms with E-state index in [4.69, 9.17) is 0 Å². The van der Waals surface area contributed by atoms with Crippen LogP contribution in [0.1, 0.15) is 25.3 Å². The smallest absolute Gasteiger partial charge is 0.234 e. The maximum atomic E-state index is 4.39. The molecule has 0 radical (unpaired) electrons. The summed E-state index contributed by atoms with van der Waals surface area (Å²) in [7, 11) is 1.96. The molecule has 0 N–H and O–H groups in total. The van der Waals surface area contributed by atoms with E-state index in [1.807, 2.05) is 42.3 Å². The number of unbranched alkanes of at least 4 members (excludes halogenated alkanes) is 1. The first-order valence-corrected chi connectivity index (χ1v) is 7.27. The maximum Gasteiger partial charge on any atom is 0.234 e. The average molecular weight is 291 g/mol. The van der Waals surface area contributed by atoms with Crippen LogP contribution in [-0.2, 0) is 0 Å². The van der Waals surface area contributed by atoms with E-state index in [2.05, 4.69) is 33.8 Å². The highest BCUT2D eigenvalue weighted by Crippen LogP contribution is 2.21. The zero-order valence-electron chi connectivity index (χ0n) is 12.7. The van der Waals surface area contributed by atoms with Crippen molar-refractivity contribution in [2.24, 2.45) is 0 Å². The number of fused-ring (bicyclic) bond motifs is 1. The van der Waals surface area contributed by atoms with E-state index in [1.54, 1.807) is 17.0 Å². The molecule has 0 spiro atoms. The summed E-state index contributed by atoms with van der Waals surface area (Å²) in [6.07, 6.45) is 5.22. The second kappa shape index (κ2) is 6.27. The van der Waals surface area contributed by atoms with Crippen molar-refractivity contribution in [3.8, 4) is 11.8 Å². The largest absolute Gasteiger partial charge is 0.313 e. The number of anilines is 2. The third kappa shape index (κ3) is 2.63. The summed E-state index contributed by atoms with van der Waals surface area (Å²) in [5.74, 6) is 6.97. The summed E-state index contributed by atoms with van der Waals surface area (Å²) in [6, 6.07) is 10.0. The van der Waals surface area contributed by atoms with E-state index < -0.39 is 0 Å². The molecule has 0 unspecified atom stereocenters. The van der Waals surface area contributed by atoms with Crippen molar-refractivity contribution in [1.29, 1.82) is 0 Å². The van der Waals surface area contributed by atoms with Gasteiger partial charge in [-0.05, 0) is 18.6 Å². The minimum absolute atomic E-state index is 0.708. The molecule has 110 valence electrons. The molecule has 0 fully saturated rings. The van der Waals surface area contributed by atoms with Gasteiger partial charge in [0.25, 0.3) is 0 Å². The second-order valence-electron chi connectivity index (χ2n) is 4.91. The summed E-state index contributed by atoms with van der Waals surface area (Å²) in [5.41, 5.74) is 2.60. The van der Waals surface area contributed by atoms with Gasteiger partial charge in [0.15, 0.2) is 5.65 Å². The molecular formula is C17H17N5. The Balaban J connectivity index is 2.04. The highest BCUT2D eigenvalue weighted by molar-refractivity contribution is 5.62. The fraction of sp³-hybridized carbons (Fsp3) is 0.235. The van der Waals surface area contributed by atoms with Gasteiger partial charge in [0, 0.05) is 19.2 Å². The molecule has 0 bridgehead atoms. The lowest BCUT2D eigenvalue weighted by molar-refractivity contribution is 0.865.